The van der Waals surface area contributed by atoms with Gasteiger partial charge in [-0.2, -0.15) is 0 Å². The van der Waals surface area contributed by atoms with Crippen LogP contribution in [0.3, 0.4) is 0 Å². The molecule has 2 rings (SSSR count). The van der Waals surface area contributed by atoms with Crippen LogP contribution < -0.4 is 5.32 Å². The van der Waals surface area contributed by atoms with Crippen LogP contribution in [0, 0.1) is 6.92 Å². The minimum Gasteiger partial charge on any atom is -0.370 e. The number of anilines is 1. The zero-order valence-electron chi connectivity index (χ0n) is 14.6. The van der Waals surface area contributed by atoms with Crippen molar-refractivity contribution in [2.24, 2.45) is 0 Å². The molecule has 1 amide bonds. The highest BCUT2D eigenvalue weighted by Gasteiger charge is 2.19. The summed E-state index contributed by atoms with van der Waals surface area (Å²) < 4.78 is 0. The Kier molecular flexibility index (Phi) is 6.77. The molecule has 1 aliphatic rings. The minimum atomic E-state index is 0.0359. The van der Waals surface area contributed by atoms with Crippen LogP contribution in [0.25, 0.3) is 0 Å². The third-order valence-corrected chi connectivity index (χ3v) is 4.04. The largest absolute Gasteiger partial charge is 0.370 e. The van der Waals surface area contributed by atoms with E-state index in [1.54, 1.807) is 6.07 Å². The molecule has 1 N–H and O–H groups in total. The number of rotatable bonds is 6. The molecule has 1 aromatic heterocycles. The van der Waals surface area contributed by atoms with Gasteiger partial charge >= 0.3 is 0 Å². The van der Waals surface area contributed by atoms with Crippen LogP contribution in [0.1, 0.15) is 48.4 Å². The fraction of sp³-hybridized carbons (Fsp3) is 0.706. The molecule has 0 spiro atoms. The summed E-state index contributed by atoms with van der Waals surface area (Å²) in [5.74, 6) is 1.42. The first-order chi connectivity index (χ1) is 11.1. The topological polar surface area (TPSA) is 61.4 Å². The standard InChI is InChI=1S/C17H29N5O/c1-14-19-15(17(23)22-11-6-4-5-7-12-22)13-16(20-14)18-9-8-10-21(2)3/h13H,4-12H2,1-3H3,(H,18,19,20). The maximum absolute atomic E-state index is 12.7. The second-order valence-corrected chi connectivity index (χ2v) is 6.48. The van der Waals surface area contributed by atoms with Gasteiger partial charge in [0.25, 0.3) is 5.91 Å². The lowest BCUT2D eigenvalue weighted by Gasteiger charge is -2.20. The number of amides is 1. The number of nitrogens with zero attached hydrogens (tertiary/aromatic N) is 4. The van der Waals surface area contributed by atoms with Crippen molar-refractivity contribution >= 4 is 11.7 Å². The highest BCUT2D eigenvalue weighted by atomic mass is 16.2. The van der Waals surface area contributed by atoms with Gasteiger partial charge in [-0.05, 0) is 46.8 Å². The highest BCUT2D eigenvalue weighted by Crippen LogP contribution is 2.14. The SMILES string of the molecule is Cc1nc(NCCCN(C)C)cc(C(=O)N2CCCCCC2)n1. The Labute approximate surface area is 139 Å². The van der Waals surface area contributed by atoms with E-state index in [1.165, 1.54) is 12.8 Å². The summed E-state index contributed by atoms with van der Waals surface area (Å²) in [6, 6.07) is 1.79. The van der Waals surface area contributed by atoms with Crippen molar-refractivity contribution in [1.82, 2.24) is 19.8 Å². The van der Waals surface area contributed by atoms with Gasteiger partial charge in [0.1, 0.15) is 17.3 Å². The highest BCUT2D eigenvalue weighted by molar-refractivity contribution is 5.93. The number of aromatic nitrogens is 2. The average Bonchev–Trinajstić information content (AvgIpc) is 2.79. The maximum Gasteiger partial charge on any atom is 0.272 e. The van der Waals surface area contributed by atoms with Crippen LogP contribution in [0.15, 0.2) is 6.07 Å². The van der Waals surface area contributed by atoms with Crippen LogP contribution in [0.5, 0.6) is 0 Å². The Morgan fingerprint density at radius 2 is 1.91 bits per heavy atom. The van der Waals surface area contributed by atoms with E-state index in [2.05, 4.69) is 34.3 Å². The monoisotopic (exact) mass is 319 g/mol. The quantitative estimate of drug-likeness (QED) is 0.814. The summed E-state index contributed by atoms with van der Waals surface area (Å²) in [5, 5.41) is 3.30. The fourth-order valence-electron chi connectivity index (χ4n) is 2.82. The Bertz CT molecular complexity index is 510. The van der Waals surface area contributed by atoms with E-state index in [9.17, 15) is 4.79 Å². The number of nitrogens with one attached hydrogen (secondary N) is 1. The predicted octanol–water partition coefficient (Wildman–Crippen LogP) is 2.16. The van der Waals surface area contributed by atoms with E-state index in [0.717, 1.165) is 51.3 Å². The first-order valence-electron chi connectivity index (χ1n) is 8.60. The van der Waals surface area contributed by atoms with Gasteiger partial charge in [-0.1, -0.05) is 12.8 Å². The number of likely N-dealkylation sites (tertiary alicyclic amines) is 1. The summed E-state index contributed by atoms with van der Waals surface area (Å²) >= 11 is 0. The zero-order chi connectivity index (χ0) is 16.7. The second-order valence-electron chi connectivity index (χ2n) is 6.48. The Morgan fingerprint density at radius 1 is 1.22 bits per heavy atom. The number of carbonyl (C=O) groups is 1. The molecule has 0 aliphatic carbocycles. The van der Waals surface area contributed by atoms with Gasteiger partial charge < -0.3 is 15.1 Å². The van der Waals surface area contributed by atoms with Crippen molar-refractivity contribution in [3.05, 3.63) is 17.6 Å². The molecule has 1 saturated heterocycles. The lowest BCUT2D eigenvalue weighted by atomic mass is 10.2. The zero-order valence-corrected chi connectivity index (χ0v) is 14.6. The first kappa shape index (κ1) is 17.7. The molecular formula is C17H29N5O. The van der Waals surface area contributed by atoms with Gasteiger partial charge in [-0.15, -0.1) is 0 Å². The van der Waals surface area contributed by atoms with Crippen LogP contribution >= 0.6 is 0 Å². The summed E-state index contributed by atoms with van der Waals surface area (Å²) in [7, 11) is 4.12. The Hall–Kier alpha value is -1.69. The molecule has 23 heavy (non-hydrogen) atoms. The molecule has 0 unspecified atom stereocenters. The van der Waals surface area contributed by atoms with Gasteiger partial charge in [0.05, 0.1) is 0 Å². The number of hydrogen-bond donors (Lipinski definition) is 1. The van der Waals surface area contributed by atoms with E-state index in [0.29, 0.717) is 11.5 Å². The van der Waals surface area contributed by atoms with Gasteiger partial charge in [0.2, 0.25) is 0 Å². The molecule has 1 aliphatic heterocycles. The first-order valence-corrected chi connectivity index (χ1v) is 8.60. The van der Waals surface area contributed by atoms with Gasteiger partial charge in [-0.3, -0.25) is 4.79 Å². The fourth-order valence-corrected chi connectivity index (χ4v) is 2.82. The number of carbonyl (C=O) groups excluding carboxylic acids is 1. The minimum absolute atomic E-state index is 0.0359. The lowest BCUT2D eigenvalue weighted by molar-refractivity contribution is 0.0755. The molecule has 6 heteroatoms. The summed E-state index contributed by atoms with van der Waals surface area (Å²) in [6.45, 7) is 5.38. The van der Waals surface area contributed by atoms with Crippen molar-refractivity contribution in [2.45, 2.75) is 39.0 Å². The molecule has 128 valence electrons. The van der Waals surface area contributed by atoms with Crippen LogP contribution in [-0.4, -0.2) is 65.9 Å². The number of hydrogen-bond acceptors (Lipinski definition) is 5. The molecule has 0 saturated carbocycles. The van der Waals surface area contributed by atoms with Gasteiger partial charge in [0, 0.05) is 25.7 Å². The van der Waals surface area contributed by atoms with Crippen molar-refractivity contribution < 1.29 is 4.79 Å². The van der Waals surface area contributed by atoms with E-state index >= 15 is 0 Å². The summed E-state index contributed by atoms with van der Waals surface area (Å²) in [5.41, 5.74) is 0.509. The number of aryl methyl sites for hydroxylation is 1. The molecule has 1 fully saturated rings. The molecule has 0 aromatic carbocycles. The normalized spacial score (nSPS) is 15.6. The van der Waals surface area contributed by atoms with Crippen molar-refractivity contribution in [2.75, 3.05) is 45.6 Å². The van der Waals surface area contributed by atoms with Crippen molar-refractivity contribution in [1.29, 1.82) is 0 Å². The summed E-state index contributed by atoms with van der Waals surface area (Å²) in [6.07, 6.45) is 5.64. The molecule has 6 nitrogen and oxygen atoms in total. The van der Waals surface area contributed by atoms with Crippen LogP contribution in [0.2, 0.25) is 0 Å². The predicted molar refractivity (Wildman–Crippen MR) is 92.8 cm³/mol. The van der Waals surface area contributed by atoms with E-state index in [1.807, 2.05) is 11.8 Å². The smallest absolute Gasteiger partial charge is 0.272 e. The molecule has 1 aromatic rings. The van der Waals surface area contributed by atoms with E-state index in [4.69, 9.17) is 0 Å². The second kappa shape index (κ2) is 8.82. The molecule has 0 bridgehead atoms. The summed E-state index contributed by atoms with van der Waals surface area (Å²) in [4.78, 5) is 25.5. The van der Waals surface area contributed by atoms with Gasteiger partial charge in [0.15, 0.2) is 0 Å². The molecule has 0 atom stereocenters. The van der Waals surface area contributed by atoms with Crippen molar-refractivity contribution in [3.63, 3.8) is 0 Å². The molecule has 0 radical (unpaired) electrons. The Balaban J connectivity index is 1.99. The van der Waals surface area contributed by atoms with Crippen molar-refractivity contribution in [3.8, 4) is 0 Å². The van der Waals surface area contributed by atoms with E-state index < -0.39 is 0 Å². The van der Waals surface area contributed by atoms with Gasteiger partial charge in [-0.25, -0.2) is 9.97 Å². The van der Waals surface area contributed by atoms with Crippen LogP contribution in [0.4, 0.5) is 5.82 Å². The molecular weight excluding hydrogens is 290 g/mol. The maximum atomic E-state index is 12.7. The Morgan fingerprint density at radius 3 is 2.57 bits per heavy atom. The third kappa shape index (κ3) is 5.78. The van der Waals surface area contributed by atoms with Crippen LogP contribution in [-0.2, 0) is 0 Å². The van der Waals surface area contributed by atoms with E-state index in [-0.39, 0.29) is 5.91 Å². The third-order valence-electron chi connectivity index (χ3n) is 4.04. The lowest BCUT2D eigenvalue weighted by Crippen LogP contribution is -2.32. The average molecular weight is 319 g/mol. The molecule has 2 heterocycles.